The molecule has 2 aromatic heterocycles. The first kappa shape index (κ1) is 17.6. The Bertz CT molecular complexity index is 826. The zero-order valence-electron chi connectivity index (χ0n) is 14.0. The summed E-state index contributed by atoms with van der Waals surface area (Å²) in [6, 6.07) is 3.52. The molecular weight excluding hydrogens is 342 g/mol. The van der Waals surface area contributed by atoms with Gasteiger partial charge in [0, 0.05) is 37.9 Å². The van der Waals surface area contributed by atoms with Crippen molar-refractivity contribution in [2.45, 2.75) is 31.2 Å². The van der Waals surface area contributed by atoms with E-state index < -0.39 is 10.0 Å². The Morgan fingerprint density at radius 2 is 2.08 bits per heavy atom. The van der Waals surface area contributed by atoms with Crippen molar-refractivity contribution < 1.29 is 13.2 Å². The van der Waals surface area contributed by atoms with Gasteiger partial charge in [0.1, 0.15) is 4.90 Å². The van der Waals surface area contributed by atoms with E-state index in [1.165, 1.54) is 16.7 Å². The number of nitrogens with one attached hydrogen (secondary N) is 1. The third kappa shape index (κ3) is 3.88. The topological polar surface area (TPSA) is 97.2 Å². The maximum atomic E-state index is 12.6. The number of carbonyl (C=O) groups is 1. The third-order valence-corrected chi connectivity index (χ3v) is 6.18. The number of anilines is 1. The summed E-state index contributed by atoms with van der Waals surface area (Å²) in [5, 5.41) is 6.85. The minimum absolute atomic E-state index is 0.0937. The number of rotatable bonds is 5. The van der Waals surface area contributed by atoms with E-state index in [9.17, 15) is 13.2 Å². The molecule has 3 rings (SSSR count). The fourth-order valence-electron chi connectivity index (χ4n) is 2.84. The van der Waals surface area contributed by atoms with Crippen LogP contribution in [0, 0.1) is 5.92 Å². The highest BCUT2D eigenvalue weighted by molar-refractivity contribution is 7.89. The molecule has 0 unspecified atom stereocenters. The van der Waals surface area contributed by atoms with Crippen molar-refractivity contribution in [1.82, 2.24) is 19.1 Å². The number of carbonyl (C=O) groups excluding carboxylic acids is 1. The van der Waals surface area contributed by atoms with Crippen molar-refractivity contribution >= 4 is 21.6 Å². The van der Waals surface area contributed by atoms with E-state index in [4.69, 9.17) is 0 Å². The Balaban J connectivity index is 1.60. The summed E-state index contributed by atoms with van der Waals surface area (Å²) in [5.74, 6) is -0.297. The lowest BCUT2D eigenvalue weighted by molar-refractivity contribution is -0.120. The van der Waals surface area contributed by atoms with Crippen LogP contribution in [-0.2, 0) is 21.4 Å². The van der Waals surface area contributed by atoms with E-state index >= 15 is 0 Å². The van der Waals surface area contributed by atoms with Crippen LogP contribution >= 0.6 is 0 Å². The second kappa shape index (κ2) is 7.32. The lowest BCUT2D eigenvalue weighted by atomic mass is 9.97. The van der Waals surface area contributed by atoms with Gasteiger partial charge in [0.25, 0.3) is 0 Å². The standard InChI is InChI=1S/C16H21N5O3S/c1-2-20-12-15(11-18-20)25(23,24)21-8-5-13(6-9-21)16(22)19-14-4-3-7-17-10-14/h3-4,7,10-13H,2,5-6,8-9H2,1H3,(H,19,22). The summed E-state index contributed by atoms with van der Waals surface area (Å²) in [6.45, 7) is 3.16. The van der Waals surface area contributed by atoms with Crippen LogP contribution in [0.4, 0.5) is 5.69 Å². The van der Waals surface area contributed by atoms with E-state index in [-0.39, 0.29) is 16.7 Å². The molecule has 1 aliphatic rings. The number of hydrogen-bond donors (Lipinski definition) is 1. The molecular formula is C16H21N5O3S. The maximum Gasteiger partial charge on any atom is 0.246 e. The molecule has 0 radical (unpaired) electrons. The molecule has 0 atom stereocenters. The van der Waals surface area contributed by atoms with Gasteiger partial charge >= 0.3 is 0 Å². The Labute approximate surface area is 146 Å². The molecule has 2 aromatic rings. The Kier molecular flexibility index (Phi) is 5.14. The number of nitrogens with zero attached hydrogens (tertiary/aromatic N) is 4. The van der Waals surface area contributed by atoms with Crippen LogP contribution in [0.5, 0.6) is 0 Å². The van der Waals surface area contributed by atoms with Gasteiger partial charge in [-0.3, -0.25) is 14.5 Å². The van der Waals surface area contributed by atoms with Crippen LogP contribution in [0.25, 0.3) is 0 Å². The van der Waals surface area contributed by atoms with Crippen LogP contribution in [0.2, 0.25) is 0 Å². The molecule has 25 heavy (non-hydrogen) atoms. The summed E-state index contributed by atoms with van der Waals surface area (Å²) in [6.07, 6.45) is 7.12. The van der Waals surface area contributed by atoms with Crippen molar-refractivity contribution in [1.29, 1.82) is 0 Å². The monoisotopic (exact) mass is 363 g/mol. The highest BCUT2D eigenvalue weighted by atomic mass is 32.2. The minimum atomic E-state index is -3.55. The average molecular weight is 363 g/mol. The Morgan fingerprint density at radius 1 is 1.32 bits per heavy atom. The van der Waals surface area contributed by atoms with Gasteiger partial charge in [-0.1, -0.05) is 0 Å². The molecule has 3 heterocycles. The number of aromatic nitrogens is 3. The Morgan fingerprint density at radius 3 is 2.68 bits per heavy atom. The SMILES string of the molecule is CCn1cc(S(=O)(=O)N2CCC(C(=O)Nc3cccnc3)CC2)cn1. The molecule has 1 N–H and O–H groups in total. The second-order valence-corrected chi connectivity index (χ2v) is 7.88. The van der Waals surface area contributed by atoms with Gasteiger partial charge in [0.2, 0.25) is 15.9 Å². The van der Waals surface area contributed by atoms with E-state index in [1.54, 1.807) is 29.2 Å². The molecule has 1 aliphatic heterocycles. The summed E-state index contributed by atoms with van der Waals surface area (Å²) in [4.78, 5) is 16.5. The number of aryl methyl sites for hydroxylation is 1. The normalized spacial score (nSPS) is 16.7. The first-order valence-corrected chi connectivity index (χ1v) is 9.68. The quantitative estimate of drug-likeness (QED) is 0.864. The van der Waals surface area contributed by atoms with Gasteiger partial charge in [-0.05, 0) is 31.9 Å². The lowest BCUT2D eigenvalue weighted by Gasteiger charge is -2.30. The summed E-state index contributed by atoms with van der Waals surface area (Å²) in [7, 11) is -3.55. The van der Waals surface area contributed by atoms with Gasteiger partial charge in [-0.2, -0.15) is 9.40 Å². The average Bonchev–Trinajstić information content (AvgIpc) is 3.13. The van der Waals surface area contributed by atoms with E-state index in [0.29, 0.717) is 38.2 Å². The number of hydrogen-bond acceptors (Lipinski definition) is 5. The summed E-state index contributed by atoms with van der Waals surface area (Å²) in [5.41, 5.74) is 0.648. The van der Waals surface area contributed by atoms with Crippen LogP contribution in [-0.4, -0.2) is 46.5 Å². The van der Waals surface area contributed by atoms with Crippen molar-refractivity contribution in [3.05, 3.63) is 36.9 Å². The van der Waals surface area contributed by atoms with Crippen LogP contribution < -0.4 is 5.32 Å². The molecule has 1 fully saturated rings. The van der Waals surface area contributed by atoms with E-state index in [0.717, 1.165) is 0 Å². The molecule has 0 spiro atoms. The highest BCUT2D eigenvalue weighted by Gasteiger charge is 2.32. The second-order valence-electron chi connectivity index (χ2n) is 5.94. The van der Waals surface area contributed by atoms with Crippen molar-refractivity contribution in [2.75, 3.05) is 18.4 Å². The highest BCUT2D eigenvalue weighted by Crippen LogP contribution is 2.24. The van der Waals surface area contributed by atoms with Crippen molar-refractivity contribution in [2.24, 2.45) is 5.92 Å². The number of piperidine rings is 1. The fraction of sp³-hybridized carbons (Fsp3) is 0.438. The van der Waals surface area contributed by atoms with E-state index in [2.05, 4.69) is 15.4 Å². The molecule has 1 saturated heterocycles. The van der Waals surface area contributed by atoms with Crippen LogP contribution in [0.1, 0.15) is 19.8 Å². The predicted molar refractivity (Wildman–Crippen MR) is 92.3 cm³/mol. The first-order valence-electron chi connectivity index (χ1n) is 8.24. The molecule has 0 aliphatic carbocycles. The predicted octanol–water partition coefficient (Wildman–Crippen LogP) is 1.34. The van der Waals surface area contributed by atoms with Crippen LogP contribution in [0.15, 0.2) is 41.8 Å². The smallest absolute Gasteiger partial charge is 0.246 e. The molecule has 0 bridgehead atoms. The number of pyridine rings is 1. The molecule has 8 nitrogen and oxygen atoms in total. The zero-order chi connectivity index (χ0) is 17.9. The maximum absolute atomic E-state index is 12.6. The van der Waals surface area contributed by atoms with Crippen LogP contribution in [0.3, 0.4) is 0 Å². The first-order chi connectivity index (χ1) is 12.0. The van der Waals surface area contributed by atoms with Crippen molar-refractivity contribution in [3.8, 4) is 0 Å². The van der Waals surface area contributed by atoms with E-state index in [1.807, 2.05) is 6.92 Å². The third-order valence-electron chi connectivity index (χ3n) is 4.33. The number of amides is 1. The fourth-order valence-corrected chi connectivity index (χ4v) is 4.26. The molecule has 134 valence electrons. The van der Waals surface area contributed by atoms with Gasteiger partial charge < -0.3 is 5.32 Å². The molecule has 1 amide bonds. The zero-order valence-corrected chi connectivity index (χ0v) is 14.8. The molecule has 0 saturated carbocycles. The molecule has 9 heteroatoms. The minimum Gasteiger partial charge on any atom is -0.324 e. The van der Waals surface area contributed by atoms with Gasteiger partial charge in [-0.15, -0.1) is 0 Å². The summed E-state index contributed by atoms with van der Waals surface area (Å²) >= 11 is 0. The Hall–Kier alpha value is -2.26. The number of sulfonamides is 1. The lowest BCUT2D eigenvalue weighted by Crippen LogP contribution is -2.41. The van der Waals surface area contributed by atoms with Gasteiger partial charge in [0.05, 0.1) is 18.1 Å². The molecule has 0 aromatic carbocycles. The van der Waals surface area contributed by atoms with Crippen molar-refractivity contribution in [3.63, 3.8) is 0 Å². The largest absolute Gasteiger partial charge is 0.324 e. The summed E-state index contributed by atoms with van der Waals surface area (Å²) < 4.78 is 28.3. The van der Waals surface area contributed by atoms with Gasteiger partial charge in [-0.25, -0.2) is 8.42 Å². The van der Waals surface area contributed by atoms with Gasteiger partial charge in [0.15, 0.2) is 0 Å².